The minimum atomic E-state index is -3.52. The first kappa shape index (κ1) is 14.7. The van der Waals surface area contributed by atoms with E-state index in [0.717, 1.165) is 25.7 Å². The van der Waals surface area contributed by atoms with Crippen molar-refractivity contribution >= 4 is 10.0 Å². The normalized spacial score (nSPS) is 19.1. The van der Waals surface area contributed by atoms with Crippen LogP contribution in [0.15, 0.2) is 17.6 Å². The molecule has 2 N–H and O–H groups in total. The summed E-state index contributed by atoms with van der Waals surface area (Å²) in [6.07, 6.45) is 5.83. The van der Waals surface area contributed by atoms with Gasteiger partial charge in [-0.15, -0.1) is 6.58 Å². The Hall–Kier alpha value is -1.18. The van der Waals surface area contributed by atoms with Gasteiger partial charge in [-0.05, 0) is 32.6 Å². The predicted molar refractivity (Wildman–Crippen MR) is 80.3 cm³/mol. The zero-order chi connectivity index (χ0) is 15.0. The van der Waals surface area contributed by atoms with Gasteiger partial charge in [0.25, 0.3) is 0 Å². The van der Waals surface area contributed by atoms with Gasteiger partial charge >= 0.3 is 0 Å². The van der Waals surface area contributed by atoms with E-state index < -0.39 is 10.0 Å². The highest BCUT2D eigenvalue weighted by Gasteiger charge is 2.39. The Labute approximate surface area is 125 Å². The van der Waals surface area contributed by atoms with Gasteiger partial charge in [0.2, 0.25) is 10.0 Å². The molecule has 2 aliphatic rings. The molecular formula is C14H22N4O2S. The molecule has 0 radical (unpaired) electrons. The lowest BCUT2D eigenvalue weighted by molar-refractivity contribution is 0.434. The van der Waals surface area contributed by atoms with E-state index in [-0.39, 0.29) is 6.04 Å². The lowest BCUT2D eigenvalue weighted by atomic mass is 10.3. The number of nitrogens with zero attached hydrogens (tertiary/aromatic N) is 2. The van der Waals surface area contributed by atoms with Crippen molar-refractivity contribution in [2.24, 2.45) is 0 Å². The number of hydrogen-bond acceptors (Lipinski definition) is 4. The molecule has 0 aromatic carbocycles. The first-order valence-corrected chi connectivity index (χ1v) is 8.88. The zero-order valence-electron chi connectivity index (χ0n) is 12.3. The second kappa shape index (κ2) is 5.55. The van der Waals surface area contributed by atoms with Gasteiger partial charge in [-0.2, -0.15) is 9.40 Å². The second-order valence-corrected chi connectivity index (χ2v) is 7.70. The number of sulfonamides is 1. The van der Waals surface area contributed by atoms with E-state index in [2.05, 4.69) is 22.1 Å². The first-order valence-electron chi connectivity index (χ1n) is 7.44. The van der Waals surface area contributed by atoms with Crippen molar-refractivity contribution in [3.63, 3.8) is 0 Å². The number of hydrogen-bond donors (Lipinski definition) is 2. The molecule has 2 aliphatic carbocycles. The zero-order valence-corrected chi connectivity index (χ0v) is 13.1. The highest BCUT2D eigenvalue weighted by Crippen LogP contribution is 2.33. The first-order chi connectivity index (χ1) is 10.0. The maximum absolute atomic E-state index is 13.0. The molecule has 1 heterocycles. The number of aromatic amines is 1. The van der Waals surface area contributed by atoms with E-state index in [4.69, 9.17) is 0 Å². The fraction of sp³-hybridized carbons (Fsp3) is 0.643. The quantitative estimate of drug-likeness (QED) is 0.710. The summed E-state index contributed by atoms with van der Waals surface area (Å²) in [5, 5.41) is 10.3. The van der Waals surface area contributed by atoms with Crippen molar-refractivity contribution in [3.8, 4) is 0 Å². The maximum Gasteiger partial charge on any atom is 0.247 e. The van der Waals surface area contributed by atoms with E-state index >= 15 is 0 Å². The Bertz CT molecular complexity index is 629. The van der Waals surface area contributed by atoms with Crippen LogP contribution in [0.25, 0.3) is 0 Å². The third-order valence-electron chi connectivity index (χ3n) is 3.93. The molecule has 2 saturated carbocycles. The molecule has 0 saturated heterocycles. The van der Waals surface area contributed by atoms with Gasteiger partial charge in [-0.25, -0.2) is 8.42 Å². The maximum atomic E-state index is 13.0. The molecule has 116 valence electrons. The molecule has 6 nitrogen and oxygen atoms in total. The minimum Gasteiger partial charge on any atom is -0.308 e. The van der Waals surface area contributed by atoms with Gasteiger partial charge in [0.1, 0.15) is 4.90 Å². The molecule has 7 heteroatoms. The topological polar surface area (TPSA) is 78.1 Å². The molecular weight excluding hydrogens is 288 g/mol. The van der Waals surface area contributed by atoms with Gasteiger partial charge in [0.15, 0.2) is 0 Å². The highest BCUT2D eigenvalue weighted by atomic mass is 32.2. The van der Waals surface area contributed by atoms with Gasteiger partial charge in [0, 0.05) is 25.2 Å². The fourth-order valence-electron chi connectivity index (χ4n) is 2.51. The van der Waals surface area contributed by atoms with Crippen molar-refractivity contribution in [2.45, 2.75) is 56.1 Å². The molecule has 21 heavy (non-hydrogen) atoms. The Morgan fingerprint density at radius 1 is 1.43 bits per heavy atom. The lowest BCUT2D eigenvalue weighted by Gasteiger charge is -2.20. The number of aryl methyl sites for hydroxylation is 1. The molecule has 0 bridgehead atoms. The average molecular weight is 310 g/mol. The summed E-state index contributed by atoms with van der Waals surface area (Å²) in [6.45, 7) is 6.29. The van der Waals surface area contributed by atoms with E-state index in [9.17, 15) is 8.42 Å². The SMILES string of the molecule is C=CCN(C1CC1)S(=O)(=O)c1c(CNC2CC2)n[nH]c1C. The molecule has 0 unspecified atom stereocenters. The minimum absolute atomic E-state index is 0.117. The van der Waals surface area contributed by atoms with Crippen LogP contribution < -0.4 is 5.32 Å². The Morgan fingerprint density at radius 3 is 2.71 bits per heavy atom. The van der Waals surface area contributed by atoms with Crippen LogP contribution in [-0.2, 0) is 16.6 Å². The van der Waals surface area contributed by atoms with Crippen LogP contribution in [0.4, 0.5) is 0 Å². The molecule has 2 fully saturated rings. The summed E-state index contributed by atoms with van der Waals surface area (Å²) < 4.78 is 27.5. The van der Waals surface area contributed by atoms with Crippen molar-refractivity contribution in [3.05, 3.63) is 24.0 Å². The van der Waals surface area contributed by atoms with E-state index in [1.54, 1.807) is 17.3 Å². The van der Waals surface area contributed by atoms with Crippen LogP contribution >= 0.6 is 0 Å². The van der Waals surface area contributed by atoms with Crippen LogP contribution in [0, 0.1) is 6.92 Å². The number of rotatable bonds is 8. The lowest BCUT2D eigenvalue weighted by Crippen LogP contribution is -2.34. The van der Waals surface area contributed by atoms with Crippen LogP contribution in [0.5, 0.6) is 0 Å². The monoisotopic (exact) mass is 310 g/mol. The van der Waals surface area contributed by atoms with Crippen molar-refractivity contribution in [1.29, 1.82) is 0 Å². The number of nitrogens with one attached hydrogen (secondary N) is 2. The Balaban J connectivity index is 1.88. The molecule has 1 aromatic rings. The molecule has 0 aliphatic heterocycles. The molecule has 0 spiro atoms. The number of aromatic nitrogens is 2. The van der Waals surface area contributed by atoms with Gasteiger partial charge in [0.05, 0.1) is 11.4 Å². The summed E-state index contributed by atoms with van der Waals surface area (Å²) in [4.78, 5) is 0.337. The molecule has 0 atom stereocenters. The van der Waals surface area contributed by atoms with Crippen LogP contribution in [0.1, 0.15) is 37.1 Å². The summed E-state index contributed by atoms with van der Waals surface area (Å²) in [5.41, 5.74) is 1.20. The van der Waals surface area contributed by atoms with Crippen molar-refractivity contribution < 1.29 is 8.42 Å². The number of H-pyrrole nitrogens is 1. The van der Waals surface area contributed by atoms with E-state index in [0.29, 0.717) is 35.4 Å². The van der Waals surface area contributed by atoms with Crippen molar-refractivity contribution in [2.75, 3.05) is 6.54 Å². The van der Waals surface area contributed by atoms with E-state index in [1.165, 1.54) is 0 Å². The summed E-state index contributed by atoms with van der Waals surface area (Å²) in [6, 6.07) is 0.636. The molecule has 0 amide bonds. The fourth-order valence-corrected chi connectivity index (χ4v) is 4.50. The average Bonchev–Trinajstić information content (AvgIpc) is 3.33. The summed E-state index contributed by atoms with van der Waals surface area (Å²) in [7, 11) is -3.52. The largest absolute Gasteiger partial charge is 0.308 e. The predicted octanol–water partition coefficient (Wildman–Crippen LogP) is 1.31. The van der Waals surface area contributed by atoms with E-state index in [1.807, 2.05) is 0 Å². The van der Waals surface area contributed by atoms with Gasteiger partial charge < -0.3 is 5.32 Å². The Morgan fingerprint density at radius 2 is 2.14 bits per heavy atom. The van der Waals surface area contributed by atoms with Gasteiger partial charge in [-0.1, -0.05) is 6.08 Å². The smallest absolute Gasteiger partial charge is 0.247 e. The van der Waals surface area contributed by atoms with Gasteiger partial charge in [-0.3, -0.25) is 5.10 Å². The second-order valence-electron chi connectivity index (χ2n) is 5.87. The van der Waals surface area contributed by atoms with Crippen LogP contribution in [0.2, 0.25) is 0 Å². The highest BCUT2D eigenvalue weighted by molar-refractivity contribution is 7.89. The van der Waals surface area contributed by atoms with Crippen molar-refractivity contribution in [1.82, 2.24) is 19.8 Å². The third kappa shape index (κ3) is 3.04. The molecule has 1 aromatic heterocycles. The van der Waals surface area contributed by atoms with Crippen LogP contribution in [0.3, 0.4) is 0 Å². The summed E-state index contributed by atoms with van der Waals surface area (Å²) >= 11 is 0. The standard InChI is InChI=1S/C14H22N4O2S/c1-3-8-18(12-6-7-12)21(19,20)14-10(2)16-17-13(14)9-15-11-4-5-11/h3,11-12,15H,1,4-9H2,2H3,(H,16,17). The summed E-state index contributed by atoms with van der Waals surface area (Å²) in [5.74, 6) is 0. The third-order valence-corrected chi connectivity index (χ3v) is 6.05. The molecule has 3 rings (SSSR count). The Kier molecular flexibility index (Phi) is 3.90. The van der Waals surface area contributed by atoms with Crippen LogP contribution in [-0.4, -0.2) is 41.5 Å².